The third-order valence-electron chi connectivity index (χ3n) is 4.28. The van der Waals surface area contributed by atoms with E-state index in [-0.39, 0.29) is 18.5 Å². The molecule has 4 nitrogen and oxygen atoms in total. The van der Waals surface area contributed by atoms with Gasteiger partial charge < -0.3 is 9.47 Å². The fourth-order valence-electron chi connectivity index (χ4n) is 2.93. The Morgan fingerprint density at radius 1 is 1.07 bits per heavy atom. The molecule has 0 aliphatic carbocycles. The molecule has 2 atom stereocenters. The van der Waals surface area contributed by atoms with Crippen molar-refractivity contribution in [3.8, 4) is 0 Å². The molecule has 0 aliphatic heterocycles. The highest BCUT2D eigenvalue weighted by Crippen LogP contribution is 2.27. The van der Waals surface area contributed by atoms with Crippen molar-refractivity contribution in [2.75, 3.05) is 0 Å². The van der Waals surface area contributed by atoms with Gasteiger partial charge in [-0.15, -0.1) is 0 Å². The predicted octanol–water partition coefficient (Wildman–Crippen LogP) is 5.46. The van der Waals surface area contributed by atoms with Crippen LogP contribution < -0.4 is 0 Å². The zero-order chi connectivity index (χ0) is 20.3. The number of carbonyl (C=O) groups is 2. The minimum atomic E-state index is -0.575. The zero-order valence-corrected chi connectivity index (χ0v) is 17.4. The highest BCUT2D eigenvalue weighted by atomic mass is 16.6. The second kappa shape index (κ2) is 11.6. The number of allylic oxidation sites excluding steroid dienone is 2. The molecule has 0 saturated carbocycles. The quantitative estimate of drug-likeness (QED) is 0.310. The Balaban J connectivity index is 2.84. The maximum atomic E-state index is 12.8. The van der Waals surface area contributed by atoms with Crippen LogP contribution >= 0.6 is 0 Å². The summed E-state index contributed by atoms with van der Waals surface area (Å²) < 4.78 is 11.1. The van der Waals surface area contributed by atoms with Crippen LogP contribution in [0.4, 0.5) is 0 Å². The average Bonchev–Trinajstić information content (AvgIpc) is 2.61. The molecule has 1 rings (SSSR count). The summed E-state index contributed by atoms with van der Waals surface area (Å²) in [6.45, 7) is 9.63. The van der Waals surface area contributed by atoms with E-state index in [1.165, 1.54) is 0 Å². The molecular weight excluding hydrogens is 340 g/mol. The fourth-order valence-corrected chi connectivity index (χ4v) is 2.93. The van der Waals surface area contributed by atoms with Gasteiger partial charge in [0, 0.05) is 0 Å². The Morgan fingerprint density at radius 2 is 1.74 bits per heavy atom. The minimum absolute atomic E-state index is 0.218. The Kier molecular flexibility index (Phi) is 9.84. The van der Waals surface area contributed by atoms with Gasteiger partial charge in [-0.25, -0.2) is 0 Å². The summed E-state index contributed by atoms with van der Waals surface area (Å²) in [7, 11) is 0. The van der Waals surface area contributed by atoms with Gasteiger partial charge >= 0.3 is 11.9 Å². The topological polar surface area (TPSA) is 52.6 Å². The lowest BCUT2D eigenvalue weighted by Crippen LogP contribution is -2.36. The molecule has 0 bridgehead atoms. The van der Waals surface area contributed by atoms with E-state index in [2.05, 4.69) is 6.08 Å². The minimum Gasteiger partial charge on any atom is -0.461 e. The van der Waals surface area contributed by atoms with E-state index in [1.54, 1.807) is 0 Å². The van der Waals surface area contributed by atoms with Gasteiger partial charge in [-0.1, -0.05) is 49.4 Å². The summed E-state index contributed by atoms with van der Waals surface area (Å²) in [6.07, 6.45) is 6.92. The van der Waals surface area contributed by atoms with Crippen molar-refractivity contribution in [1.82, 2.24) is 0 Å². The van der Waals surface area contributed by atoms with Gasteiger partial charge in [-0.3, -0.25) is 9.59 Å². The molecule has 0 spiro atoms. The van der Waals surface area contributed by atoms with Crippen LogP contribution in [0.3, 0.4) is 0 Å². The molecule has 1 aromatic carbocycles. The Bertz CT molecular complexity index is 599. The van der Waals surface area contributed by atoms with Crippen LogP contribution in [0.25, 0.3) is 0 Å². The van der Waals surface area contributed by atoms with Gasteiger partial charge in [0.25, 0.3) is 0 Å². The van der Waals surface area contributed by atoms with E-state index in [4.69, 9.17) is 9.47 Å². The fraction of sp³-hybridized carbons (Fsp3) is 0.565. The largest absolute Gasteiger partial charge is 0.461 e. The standard InChI is InChI=1S/C23H34O4/c1-6-8-9-13-16-20(19(7-2)22(25)27-23(3,4)5)21(24)26-17-18-14-11-10-12-15-18/h6,8,10-12,14-15,19-20H,7,9,13,16-17H2,1-5H3/b8-6+. The number of carbonyl (C=O) groups excluding carboxylic acids is 2. The lowest BCUT2D eigenvalue weighted by Gasteiger charge is -2.27. The van der Waals surface area contributed by atoms with Crippen LogP contribution in [0.15, 0.2) is 42.5 Å². The Labute approximate surface area is 163 Å². The van der Waals surface area contributed by atoms with Crippen LogP contribution in [0.2, 0.25) is 0 Å². The van der Waals surface area contributed by atoms with Crippen LogP contribution in [0.1, 0.15) is 65.9 Å². The number of rotatable bonds is 10. The summed E-state index contributed by atoms with van der Waals surface area (Å²) in [5.41, 5.74) is 0.359. The molecule has 150 valence electrons. The number of benzene rings is 1. The summed E-state index contributed by atoms with van der Waals surface area (Å²) in [5, 5.41) is 0. The van der Waals surface area contributed by atoms with Crippen molar-refractivity contribution in [3.05, 3.63) is 48.0 Å². The second-order valence-corrected chi connectivity index (χ2v) is 7.75. The van der Waals surface area contributed by atoms with Crippen molar-refractivity contribution >= 4 is 11.9 Å². The molecule has 1 aromatic rings. The first-order chi connectivity index (χ1) is 12.8. The van der Waals surface area contributed by atoms with Crippen LogP contribution in [-0.4, -0.2) is 17.5 Å². The molecule has 27 heavy (non-hydrogen) atoms. The molecule has 0 radical (unpaired) electrons. The summed E-state index contributed by atoms with van der Waals surface area (Å²) in [6, 6.07) is 9.57. The van der Waals surface area contributed by atoms with Crippen molar-refractivity contribution in [1.29, 1.82) is 0 Å². The lowest BCUT2D eigenvalue weighted by molar-refractivity contribution is -0.169. The number of hydrogen-bond acceptors (Lipinski definition) is 4. The van der Waals surface area contributed by atoms with Gasteiger partial charge in [0.2, 0.25) is 0 Å². The Hall–Kier alpha value is -2.10. The summed E-state index contributed by atoms with van der Waals surface area (Å²) >= 11 is 0. The molecule has 4 heteroatoms. The molecule has 0 saturated heterocycles. The monoisotopic (exact) mass is 374 g/mol. The van der Waals surface area contributed by atoms with E-state index in [9.17, 15) is 9.59 Å². The third kappa shape index (κ3) is 8.89. The average molecular weight is 375 g/mol. The van der Waals surface area contributed by atoms with Crippen LogP contribution in [0, 0.1) is 11.8 Å². The van der Waals surface area contributed by atoms with Gasteiger partial charge in [-0.05, 0) is 58.9 Å². The maximum Gasteiger partial charge on any atom is 0.310 e. The number of ether oxygens (including phenoxy) is 2. The number of hydrogen-bond donors (Lipinski definition) is 0. The van der Waals surface area contributed by atoms with E-state index in [0.29, 0.717) is 12.8 Å². The molecule has 0 aliphatic rings. The third-order valence-corrected chi connectivity index (χ3v) is 4.28. The molecule has 0 heterocycles. The van der Waals surface area contributed by atoms with Gasteiger partial charge in [0.1, 0.15) is 12.2 Å². The normalized spacial score (nSPS) is 14.0. The highest BCUT2D eigenvalue weighted by molar-refractivity contribution is 5.82. The van der Waals surface area contributed by atoms with Crippen LogP contribution in [0.5, 0.6) is 0 Å². The molecule has 0 N–H and O–H groups in total. The molecule has 0 amide bonds. The lowest BCUT2D eigenvalue weighted by atomic mass is 9.85. The molecule has 2 unspecified atom stereocenters. The van der Waals surface area contributed by atoms with Crippen molar-refractivity contribution in [3.63, 3.8) is 0 Å². The first-order valence-corrected chi connectivity index (χ1v) is 9.83. The maximum absolute atomic E-state index is 12.8. The first-order valence-electron chi connectivity index (χ1n) is 9.83. The summed E-state index contributed by atoms with van der Waals surface area (Å²) in [4.78, 5) is 25.5. The molecular formula is C23H34O4. The van der Waals surface area contributed by atoms with E-state index in [0.717, 1.165) is 18.4 Å². The smallest absolute Gasteiger partial charge is 0.310 e. The number of unbranched alkanes of at least 4 members (excludes halogenated alkanes) is 1. The SMILES string of the molecule is C/C=C/CCCC(C(=O)OCc1ccccc1)C(CC)C(=O)OC(C)(C)C. The van der Waals surface area contributed by atoms with Crippen molar-refractivity contribution in [2.45, 2.75) is 72.5 Å². The van der Waals surface area contributed by atoms with Gasteiger partial charge in [0.05, 0.1) is 11.8 Å². The van der Waals surface area contributed by atoms with E-state index < -0.39 is 17.4 Å². The predicted molar refractivity (Wildman–Crippen MR) is 108 cm³/mol. The Morgan fingerprint density at radius 3 is 2.30 bits per heavy atom. The van der Waals surface area contributed by atoms with E-state index >= 15 is 0 Å². The van der Waals surface area contributed by atoms with Gasteiger partial charge in [-0.2, -0.15) is 0 Å². The van der Waals surface area contributed by atoms with Crippen molar-refractivity contribution in [2.24, 2.45) is 11.8 Å². The van der Waals surface area contributed by atoms with E-state index in [1.807, 2.05) is 71.0 Å². The zero-order valence-electron chi connectivity index (χ0n) is 17.4. The first kappa shape index (κ1) is 22.9. The molecule has 0 aromatic heterocycles. The highest BCUT2D eigenvalue weighted by Gasteiger charge is 2.36. The van der Waals surface area contributed by atoms with Crippen molar-refractivity contribution < 1.29 is 19.1 Å². The van der Waals surface area contributed by atoms with Crippen LogP contribution in [-0.2, 0) is 25.7 Å². The second-order valence-electron chi connectivity index (χ2n) is 7.75. The molecule has 0 fully saturated rings. The summed E-state index contributed by atoms with van der Waals surface area (Å²) in [5.74, 6) is -1.62. The number of esters is 2. The van der Waals surface area contributed by atoms with Gasteiger partial charge in [0.15, 0.2) is 0 Å².